The van der Waals surface area contributed by atoms with Crippen molar-refractivity contribution in [3.8, 4) is 11.6 Å². The Bertz CT molecular complexity index is 887. The van der Waals surface area contributed by atoms with Crippen LogP contribution in [-0.2, 0) is 11.3 Å². The SMILES string of the molecule is CC1CC(C(N)=O)c2ccccc2N1Cc1nc(-c2ccco2)no1. The van der Waals surface area contributed by atoms with Gasteiger partial charge < -0.3 is 19.6 Å². The number of rotatable bonds is 4. The molecule has 2 atom stereocenters. The number of primary amides is 1. The molecule has 2 aromatic heterocycles. The molecule has 4 rings (SSSR count). The summed E-state index contributed by atoms with van der Waals surface area (Å²) >= 11 is 0. The van der Waals surface area contributed by atoms with Gasteiger partial charge in [-0.3, -0.25) is 4.79 Å². The van der Waals surface area contributed by atoms with Gasteiger partial charge >= 0.3 is 0 Å². The van der Waals surface area contributed by atoms with E-state index in [-0.39, 0.29) is 17.9 Å². The minimum absolute atomic E-state index is 0.117. The molecule has 2 unspecified atom stereocenters. The van der Waals surface area contributed by atoms with Crippen molar-refractivity contribution < 1.29 is 13.7 Å². The zero-order valence-electron chi connectivity index (χ0n) is 13.8. The lowest BCUT2D eigenvalue weighted by Gasteiger charge is -2.39. The minimum atomic E-state index is -0.295. The smallest absolute Gasteiger partial charge is 0.246 e. The van der Waals surface area contributed by atoms with Crippen LogP contribution in [0.5, 0.6) is 0 Å². The average Bonchev–Trinajstić information content (AvgIpc) is 3.28. The van der Waals surface area contributed by atoms with Crippen molar-refractivity contribution in [3.05, 3.63) is 54.1 Å². The van der Waals surface area contributed by atoms with Crippen molar-refractivity contribution in [2.24, 2.45) is 5.73 Å². The summed E-state index contributed by atoms with van der Waals surface area (Å²) in [5.41, 5.74) is 7.51. The third kappa shape index (κ3) is 2.77. The molecule has 7 nitrogen and oxygen atoms in total. The molecule has 2 N–H and O–H groups in total. The van der Waals surface area contributed by atoms with Crippen LogP contribution < -0.4 is 10.6 Å². The zero-order chi connectivity index (χ0) is 17.4. The zero-order valence-corrected chi connectivity index (χ0v) is 13.8. The molecule has 0 saturated heterocycles. The van der Waals surface area contributed by atoms with E-state index >= 15 is 0 Å². The summed E-state index contributed by atoms with van der Waals surface area (Å²) in [5.74, 6) is 0.912. The van der Waals surface area contributed by atoms with Crippen LogP contribution in [0.2, 0.25) is 0 Å². The van der Waals surface area contributed by atoms with E-state index in [1.807, 2.05) is 24.3 Å². The first-order chi connectivity index (χ1) is 12.1. The number of carbonyl (C=O) groups excluding carboxylic acids is 1. The Morgan fingerprint density at radius 2 is 2.16 bits per heavy atom. The average molecular weight is 338 g/mol. The monoisotopic (exact) mass is 338 g/mol. The first kappa shape index (κ1) is 15.4. The topological polar surface area (TPSA) is 98.4 Å². The number of para-hydroxylation sites is 1. The molecule has 1 aliphatic rings. The van der Waals surface area contributed by atoms with Crippen LogP contribution in [0, 0.1) is 0 Å². The van der Waals surface area contributed by atoms with Crippen LogP contribution in [-0.4, -0.2) is 22.1 Å². The third-order valence-electron chi connectivity index (χ3n) is 4.59. The molecule has 3 aromatic rings. The van der Waals surface area contributed by atoms with Crippen LogP contribution in [0.3, 0.4) is 0 Å². The number of fused-ring (bicyclic) bond motifs is 1. The van der Waals surface area contributed by atoms with E-state index in [1.165, 1.54) is 0 Å². The van der Waals surface area contributed by atoms with Gasteiger partial charge in [0.2, 0.25) is 17.6 Å². The van der Waals surface area contributed by atoms with Crippen LogP contribution in [0.4, 0.5) is 5.69 Å². The first-order valence-corrected chi connectivity index (χ1v) is 8.15. The van der Waals surface area contributed by atoms with Crippen LogP contribution >= 0.6 is 0 Å². The van der Waals surface area contributed by atoms with Gasteiger partial charge in [-0.1, -0.05) is 23.4 Å². The molecule has 0 saturated carbocycles. The lowest BCUT2D eigenvalue weighted by Crippen LogP contribution is -2.41. The van der Waals surface area contributed by atoms with Crippen molar-refractivity contribution in [1.82, 2.24) is 10.1 Å². The van der Waals surface area contributed by atoms with Gasteiger partial charge in [0.05, 0.1) is 18.7 Å². The van der Waals surface area contributed by atoms with Crippen LogP contribution in [0.15, 0.2) is 51.6 Å². The molecule has 3 heterocycles. The van der Waals surface area contributed by atoms with Gasteiger partial charge in [-0.05, 0) is 37.1 Å². The van der Waals surface area contributed by atoms with Gasteiger partial charge in [-0.25, -0.2) is 0 Å². The number of hydrogen-bond donors (Lipinski definition) is 1. The first-order valence-electron chi connectivity index (χ1n) is 8.15. The highest BCUT2D eigenvalue weighted by molar-refractivity contribution is 5.85. The summed E-state index contributed by atoms with van der Waals surface area (Å²) in [6.45, 7) is 2.52. The maximum atomic E-state index is 11.8. The fourth-order valence-electron chi connectivity index (χ4n) is 3.36. The second-order valence-electron chi connectivity index (χ2n) is 6.22. The standard InChI is InChI=1S/C18H18N4O3/c1-11-9-13(17(19)23)12-5-2-3-6-14(12)22(11)10-16-20-18(21-25-16)15-7-4-8-24-15/h2-8,11,13H,9-10H2,1H3,(H2,19,23). The van der Waals surface area contributed by atoms with Crippen molar-refractivity contribution in [2.45, 2.75) is 31.8 Å². The summed E-state index contributed by atoms with van der Waals surface area (Å²) < 4.78 is 10.7. The van der Waals surface area contributed by atoms with Gasteiger partial charge in [0.25, 0.3) is 0 Å². The Hall–Kier alpha value is -3.09. The number of nitrogens with two attached hydrogens (primary N) is 1. The van der Waals surface area contributed by atoms with Crippen molar-refractivity contribution in [3.63, 3.8) is 0 Å². The van der Waals surface area contributed by atoms with Gasteiger partial charge in [-0.15, -0.1) is 0 Å². The Morgan fingerprint density at radius 3 is 2.92 bits per heavy atom. The van der Waals surface area contributed by atoms with E-state index in [0.29, 0.717) is 30.4 Å². The molecule has 25 heavy (non-hydrogen) atoms. The number of benzene rings is 1. The second-order valence-corrected chi connectivity index (χ2v) is 6.22. The molecule has 0 fully saturated rings. The van der Waals surface area contributed by atoms with Crippen molar-refractivity contribution in [2.75, 3.05) is 4.90 Å². The molecular formula is C18H18N4O3. The van der Waals surface area contributed by atoms with Gasteiger partial charge in [0, 0.05) is 11.7 Å². The number of anilines is 1. The normalized spacial score (nSPS) is 19.6. The summed E-state index contributed by atoms with van der Waals surface area (Å²) in [6.07, 6.45) is 2.23. The Labute approximate surface area is 144 Å². The predicted octanol–water partition coefficient (Wildman–Crippen LogP) is 2.70. The Kier molecular flexibility index (Phi) is 3.76. The van der Waals surface area contributed by atoms with E-state index in [1.54, 1.807) is 18.4 Å². The quantitative estimate of drug-likeness (QED) is 0.785. The van der Waals surface area contributed by atoms with E-state index in [2.05, 4.69) is 22.0 Å². The lowest BCUT2D eigenvalue weighted by atomic mass is 9.85. The van der Waals surface area contributed by atoms with Crippen LogP contribution in [0.25, 0.3) is 11.6 Å². The molecule has 1 aliphatic heterocycles. The highest BCUT2D eigenvalue weighted by Gasteiger charge is 2.33. The molecule has 1 aromatic carbocycles. The molecule has 0 aliphatic carbocycles. The predicted molar refractivity (Wildman–Crippen MR) is 90.6 cm³/mol. The van der Waals surface area contributed by atoms with Crippen LogP contribution in [0.1, 0.15) is 30.7 Å². The molecule has 7 heteroatoms. The number of aromatic nitrogens is 2. The molecule has 0 radical (unpaired) electrons. The van der Waals surface area contributed by atoms with Gasteiger partial charge in [0.1, 0.15) is 0 Å². The third-order valence-corrected chi connectivity index (χ3v) is 4.59. The highest BCUT2D eigenvalue weighted by Crippen LogP contribution is 2.38. The largest absolute Gasteiger partial charge is 0.461 e. The summed E-state index contributed by atoms with van der Waals surface area (Å²) in [7, 11) is 0. The van der Waals surface area contributed by atoms with E-state index < -0.39 is 0 Å². The Morgan fingerprint density at radius 1 is 1.32 bits per heavy atom. The van der Waals surface area contributed by atoms with Crippen molar-refractivity contribution >= 4 is 11.6 Å². The maximum absolute atomic E-state index is 11.8. The number of nitrogens with zero attached hydrogens (tertiary/aromatic N) is 3. The molecule has 0 spiro atoms. The number of carbonyl (C=O) groups is 1. The lowest BCUT2D eigenvalue weighted by molar-refractivity contribution is -0.119. The van der Waals surface area contributed by atoms with Gasteiger partial charge in [0.15, 0.2) is 5.76 Å². The molecule has 1 amide bonds. The van der Waals surface area contributed by atoms with E-state index in [0.717, 1.165) is 11.3 Å². The number of hydrogen-bond acceptors (Lipinski definition) is 6. The Balaban J connectivity index is 1.64. The molecule has 128 valence electrons. The number of furan rings is 1. The van der Waals surface area contributed by atoms with E-state index in [9.17, 15) is 4.79 Å². The van der Waals surface area contributed by atoms with Crippen molar-refractivity contribution in [1.29, 1.82) is 0 Å². The fraction of sp³-hybridized carbons (Fsp3) is 0.278. The fourth-order valence-corrected chi connectivity index (χ4v) is 3.36. The maximum Gasteiger partial charge on any atom is 0.246 e. The summed E-state index contributed by atoms with van der Waals surface area (Å²) in [6, 6.07) is 11.5. The summed E-state index contributed by atoms with van der Waals surface area (Å²) in [4.78, 5) is 18.4. The molecular weight excluding hydrogens is 320 g/mol. The number of amides is 1. The van der Waals surface area contributed by atoms with Gasteiger partial charge in [-0.2, -0.15) is 4.98 Å². The minimum Gasteiger partial charge on any atom is -0.461 e. The molecule has 0 bridgehead atoms. The van der Waals surface area contributed by atoms with E-state index in [4.69, 9.17) is 14.7 Å². The second kappa shape index (κ2) is 6.08. The highest BCUT2D eigenvalue weighted by atomic mass is 16.5. The summed E-state index contributed by atoms with van der Waals surface area (Å²) in [5, 5.41) is 3.97.